The van der Waals surface area contributed by atoms with Gasteiger partial charge in [0.1, 0.15) is 4.99 Å². The minimum Gasteiger partial charge on any atom is -0.392 e. The first kappa shape index (κ1) is 16.0. The second-order valence-electron chi connectivity index (χ2n) is 4.41. The third-order valence-corrected chi connectivity index (χ3v) is 4.61. The number of rotatable bonds is 6. The predicted octanol–water partition coefficient (Wildman–Crippen LogP) is 0.463. The molecular formula is C12H18N2O3S2. The second kappa shape index (κ2) is 6.42. The monoisotopic (exact) mass is 302 g/mol. The fourth-order valence-corrected chi connectivity index (χ4v) is 3.19. The van der Waals surface area contributed by atoms with Gasteiger partial charge < -0.3 is 10.8 Å². The highest BCUT2D eigenvalue weighted by Crippen LogP contribution is 2.15. The summed E-state index contributed by atoms with van der Waals surface area (Å²) in [5.74, 6) is -0.191. The van der Waals surface area contributed by atoms with Gasteiger partial charge in [-0.3, -0.25) is 0 Å². The van der Waals surface area contributed by atoms with Crippen molar-refractivity contribution >= 4 is 27.2 Å². The van der Waals surface area contributed by atoms with Gasteiger partial charge in [-0.25, -0.2) is 12.7 Å². The molecule has 1 aromatic rings. The van der Waals surface area contributed by atoms with Crippen LogP contribution in [-0.4, -0.2) is 42.5 Å². The first-order valence-electron chi connectivity index (χ1n) is 5.74. The molecule has 7 heteroatoms. The molecule has 1 atom stereocenters. The lowest BCUT2D eigenvalue weighted by atomic mass is 10.1. The van der Waals surface area contributed by atoms with Gasteiger partial charge in [0.2, 0.25) is 10.0 Å². The summed E-state index contributed by atoms with van der Waals surface area (Å²) in [6.45, 7) is 1.59. The minimum atomic E-state index is -3.51. The van der Waals surface area contributed by atoms with Crippen LogP contribution in [0.5, 0.6) is 0 Å². The summed E-state index contributed by atoms with van der Waals surface area (Å²) in [6, 6.07) is 6.87. The Bertz CT molecular complexity index is 556. The summed E-state index contributed by atoms with van der Waals surface area (Å²) in [4.78, 5) is 0.170. The highest BCUT2D eigenvalue weighted by atomic mass is 32.2. The number of hydrogen-bond acceptors (Lipinski definition) is 4. The zero-order chi connectivity index (χ0) is 14.6. The summed E-state index contributed by atoms with van der Waals surface area (Å²) in [6.07, 6.45) is -0.717. The van der Waals surface area contributed by atoms with Crippen molar-refractivity contribution in [3.05, 3.63) is 35.4 Å². The quantitative estimate of drug-likeness (QED) is 0.746. The van der Waals surface area contributed by atoms with Gasteiger partial charge in [-0.15, -0.1) is 0 Å². The number of thiocarbonyl (C=S) groups is 1. The molecule has 19 heavy (non-hydrogen) atoms. The minimum absolute atomic E-state index is 0.0531. The lowest BCUT2D eigenvalue weighted by molar-refractivity contribution is 0.171. The van der Waals surface area contributed by atoms with Crippen molar-refractivity contribution in [2.75, 3.05) is 13.6 Å². The molecule has 0 aliphatic rings. The molecule has 0 aliphatic carbocycles. The van der Waals surface area contributed by atoms with Gasteiger partial charge in [0.25, 0.3) is 0 Å². The largest absolute Gasteiger partial charge is 0.392 e. The molecule has 0 aromatic heterocycles. The van der Waals surface area contributed by atoms with E-state index in [4.69, 9.17) is 18.0 Å². The van der Waals surface area contributed by atoms with Gasteiger partial charge in [0, 0.05) is 19.2 Å². The highest BCUT2D eigenvalue weighted by Gasteiger charge is 2.21. The second-order valence-corrected chi connectivity index (χ2v) is 6.92. The Hall–Kier alpha value is -1.02. The highest BCUT2D eigenvalue weighted by molar-refractivity contribution is 7.88. The Kier molecular flexibility index (Phi) is 5.42. The lowest BCUT2D eigenvalue weighted by Crippen LogP contribution is -2.34. The fourth-order valence-electron chi connectivity index (χ4n) is 1.68. The Balaban J connectivity index is 2.99. The average molecular weight is 302 g/mol. The van der Waals surface area contributed by atoms with Gasteiger partial charge in [-0.05, 0) is 12.5 Å². The maximum Gasteiger partial charge on any atom is 0.218 e. The van der Waals surface area contributed by atoms with E-state index in [0.29, 0.717) is 11.1 Å². The van der Waals surface area contributed by atoms with Crippen LogP contribution in [0.1, 0.15) is 18.1 Å². The predicted molar refractivity (Wildman–Crippen MR) is 79.3 cm³/mol. The number of hydrogen-bond donors (Lipinski definition) is 2. The van der Waals surface area contributed by atoms with E-state index in [2.05, 4.69) is 0 Å². The van der Waals surface area contributed by atoms with Gasteiger partial charge in [-0.1, -0.05) is 36.5 Å². The van der Waals surface area contributed by atoms with Crippen molar-refractivity contribution in [1.82, 2.24) is 4.31 Å². The molecule has 0 saturated heterocycles. The Morgan fingerprint density at radius 2 is 2.05 bits per heavy atom. The zero-order valence-electron chi connectivity index (χ0n) is 10.9. The average Bonchev–Trinajstić information content (AvgIpc) is 2.27. The third kappa shape index (κ3) is 4.54. The Morgan fingerprint density at radius 3 is 2.58 bits per heavy atom. The van der Waals surface area contributed by atoms with Crippen LogP contribution < -0.4 is 5.73 Å². The molecule has 0 spiro atoms. The summed E-state index contributed by atoms with van der Waals surface area (Å²) < 4.78 is 25.4. The van der Waals surface area contributed by atoms with Crippen LogP contribution in [-0.2, 0) is 15.8 Å². The third-order valence-electron chi connectivity index (χ3n) is 2.62. The molecule has 0 radical (unpaired) electrons. The number of nitrogens with two attached hydrogens (primary N) is 1. The molecule has 1 aromatic carbocycles. The fraction of sp³-hybridized carbons (Fsp3) is 0.417. The van der Waals surface area contributed by atoms with Crippen molar-refractivity contribution < 1.29 is 13.5 Å². The molecule has 0 bridgehead atoms. The Morgan fingerprint density at radius 1 is 1.47 bits per heavy atom. The summed E-state index contributed by atoms with van der Waals surface area (Å²) in [5.41, 5.74) is 6.70. The molecule has 1 unspecified atom stereocenters. The molecule has 0 heterocycles. The van der Waals surface area contributed by atoms with Crippen molar-refractivity contribution in [3.63, 3.8) is 0 Å². The molecule has 3 N–H and O–H groups in total. The first-order valence-corrected chi connectivity index (χ1v) is 7.75. The lowest BCUT2D eigenvalue weighted by Gasteiger charge is -2.19. The number of aliphatic hydroxyl groups is 1. The summed E-state index contributed by atoms with van der Waals surface area (Å²) in [7, 11) is -2.07. The van der Waals surface area contributed by atoms with E-state index in [1.165, 1.54) is 14.0 Å². The molecule has 0 amide bonds. The smallest absolute Gasteiger partial charge is 0.218 e. The van der Waals surface area contributed by atoms with E-state index in [0.717, 1.165) is 4.31 Å². The number of nitrogens with zero attached hydrogens (tertiary/aromatic N) is 1. The van der Waals surface area contributed by atoms with Gasteiger partial charge in [-0.2, -0.15) is 0 Å². The number of aliphatic hydroxyl groups excluding tert-OH is 1. The van der Waals surface area contributed by atoms with Crippen molar-refractivity contribution in [2.45, 2.75) is 18.8 Å². The summed E-state index contributed by atoms with van der Waals surface area (Å²) >= 11 is 4.90. The number of likely N-dealkylation sites (N-methyl/N-ethyl adjacent to an activating group) is 1. The van der Waals surface area contributed by atoms with Crippen LogP contribution in [0.15, 0.2) is 24.3 Å². The topological polar surface area (TPSA) is 83.6 Å². The van der Waals surface area contributed by atoms with E-state index in [-0.39, 0.29) is 17.3 Å². The van der Waals surface area contributed by atoms with E-state index in [1.54, 1.807) is 24.3 Å². The van der Waals surface area contributed by atoms with Gasteiger partial charge in [0.05, 0.1) is 11.9 Å². The molecule has 0 fully saturated rings. The van der Waals surface area contributed by atoms with E-state index >= 15 is 0 Å². The maximum atomic E-state index is 12.1. The Labute approximate surface area is 119 Å². The molecule has 5 nitrogen and oxygen atoms in total. The van der Waals surface area contributed by atoms with Crippen LogP contribution in [0.25, 0.3) is 0 Å². The zero-order valence-corrected chi connectivity index (χ0v) is 12.5. The van der Waals surface area contributed by atoms with Crippen LogP contribution in [0.2, 0.25) is 0 Å². The van der Waals surface area contributed by atoms with Gasteiger partial charge >= 0.3 is 0 Å². The van der Waals surface area contributed by atoms with Crippen molar-refractivity contribution in [2.24, 2.45) is 5.73 Å². The van der Waals surface area contributed by atoms with Crippen LogP contribution in [0, 0.1) is 0 Å². The SMILES string of the molecule is CC(O)CN(C)S(=O)(=O)Cc1ccccc1C(N)=S. The first-order chi connectivity index (χ1) is 8.74. The molecule has 0 aliphatic heterocycles. The van der Waals surface area contributed by atoms with Crippen LogP contribution in [0.3, 0.4) is 0 Å². The van der Waals surface area contributed by atoms with Gasteiger partial charge in [0.15, 0.2) is 0 Å². The summed E-state index contributed by atoms with van der Waals surface area (Å²) in [5, 5.41) is 9.25. The van der Waals surface area contributed by atoms with Crippen LogP contribution in [0.4, 0.5) is 0 Å². The number of sulfonamides is 1. The maximum absolute atomic E-state index is 12.1. The van der Waals surface area contributed by atoms with E-state index in [1.807, 2.05) is 0 Å². The molecular weight excluding hydrogens is 284 g/mol. The van der Waals surface area contributed by atoms with E-state index < -0.39 is 16.1 Å². The van der Waals surface area contributed by atoms with Crippen molar-refractivity contribution in [1.29, 1.82) is 0 Å². The number of benzene rings is 1. The normalized spacial score (nSPS) is 13.5. The van der Waals surface area contributed by atoms with Crippen LogP contribution >= 0.6 is 12.2 Å². The molecule has 0 saturated carbocycles. The molecule has 106 valence electrons. The van der Waals surface area contributed by atoms with E-state index in [9.17, 15) is 13.5 Å². The molecule has 1 rings (SSSR count). The van der Waals surface area contributed by atoms with Crippen molar-refractivity contribution in [3.8, 4) is 0 Å². The standard InChI is InChI=1S/C12H18N2O3S2/c1-9(15)7-14(2)19(16,17)8-10-5-3-4-6-11(10)12(13)18/h3-6,9,15H,7-8H2,1-2H3,(H2,13,18).